The van der Waals surface area contributed by atoms with Crippen LogP contribution in [-0.4, -0.2) is 21.8 Å². The SMILES string of the molecule is CC(=O)C1=C(O)C(=O)N(c2nc3ccccc3s2)[C@H]1c1ccc(C(C)C)cc1. The fraction of sp³-hybridized carbons (Fsp3) is 0.227. The quantitative estimate of drug-likeness (QED) is 0.685. The molecule has 1 aliphatic rings. The molecule has 5 nitrogen and oxygen atoms in total. The Hall–Kier alpha value is -2.99. The van der Waals surface area contributed by atoms with Gasteiger partial charge in [0.05, 0.1) is 21.8 Å². The summed E-state index contributed by atoms with van der Waals surface area (Å²) in [5.74, 6) is -1.05. The Labute approximate surface area is 166 Å². The summed E-state index contributed by atoms with van der Waals surface area (Å²) in [5, 5.41) is 10.9. The van der Waals surface area contributed by atoms with Crippen molar-refractivity contribution in [2.45, 2.75) is 32.7 Å². The first-order valence-corrected chi connectivity index (χ1v) is 9.93. The van der Waals surface area contributed by atoms with Gasteiger partial charge in [-0.15, -0.1) is 0 Å². The lowest BCUT2D eigenvalue weighted by molar-refractivity contribution is -0.117. The average molecular weight is 392 g/mol. The zero-order chi connectivity index (χ0) is 20.0. The van der Waals surface area contributed by atoms with Crippen LogP contribution in [0.4, 0.5) is 5.13 Å². The maximum atomic E-state index is 12.9. The van der Waals surface area contributed by atoms with E-state index in [-0.39, 0.29) is 11.4 Å². The third-order valence-corrected chi connectivity index (χ3v) is 6.03. The number of thiazole rings is 1. The Kier molecular flexibility index (Phi) is 4.51. The molecule has 4 rings (SSSR count). The number of carbonyl (C=O) groups excluding carboxylic acids is 2. The number of fused-ring (bicyclic) bond motifs is 1. The van der Waals surface area contributed by atoms with Crippen molar-refractivity contribution in [3.05, 3.63) is 71.0 Å². The number of aliphatic hydroxyl groups excluding tert-OH is 1. The van der Waals surface area contributed by atoms with Gasteiger partial charge >= 0.3 is 0 Å². The van der Waals surface area contributed by atoms with Gasteiger partial charge in [0.2, 0.25) is 0 Å². The molecule has 0 spiro atoms. The zero-order valence-electron chi connectivity index (χ0n) is 15.8. The summed E-state index contributed by atoms with van der Waals surface area (Å²) in [4.78, 5) is 31.2. The van der Waals surface area contributed by atoms with Crippen LogP contribution in [0.2, 0.25) is 0 Å². The molecule has 0 fully saturated rings. The minimum absolute atomic E-state index is 0.113. The van der Waals surface area contributed by atoms with Gasteiger partial charge in [0.25, 0.3) is 5.91 Å². The molecule has 2 heterocycles. The number of amides is 1. The van der Waals surface area contributed by atoms with Crippen molar-refractivity contribution in [3.63, 3.8) is 0 Å². The molecule has 1 aromatic heterocycles. The molecule has 142 valence electrons. The normalized spacial score (nSPS) is 17.2. The van der Waals surface area contributed by atoms with Crippen molar-refractivity contribution in [2.24, 2.45) is 0 Å². The number of Topliss-reactive ketones (excluding diaryl/α,β-unsaturated/α-hetero) is 1. The van der Waals surface area contributed by atoms with Crippen LogP contribution < -0.4 is 4.90 Å². The van der Waals surface area contributed by atoms with E-state index in [2.05, 4.69) is 18.8 Å². The average Bonchev–Trinajstić information content (AvgIpc) is 3.20. The van der Waals surface area contributed by atoms with E-state index in [0.717, 1.165) is 21.3 Å². The van der Waals surface area contributed by atoms with Gasteiger partial charge in [0.15, 0.2) is 16.7 Å². The van der Waals surface area contributed by atoms with Gasteiger partial charge in [-0.25, -0.2) is 4.98 Å². The molecule has 1 aliphatic heterocycles. The van der Waals surface area contributed by atoms with Crippen LogP contribution in [0.3, 0.4) is 0 Å². The number of benzene rings is 2. The summed E-state index contributed by atoms with van der Waals surface area (Å²) < 4.78 is 0.940. The second kappa shape index (κ2) is 6.87. The van der Waals surface area contributed by atoms with E-state index < -0.39 is 17.7 Å². The Morgan fingerprint density at radius 2 is 1.82 bits per heavy atom. The van der Waals surface area contributed by atoms with E-state index in [9.17, 15) is 14.7 Å². The minimum atomic E-state index is -0.688. The number of nitrogens with zero attached hydrogens (tertiary/aromatic N) is 2. The molecule has 2 aromatic carbocycles. The number of carbonyl (C=O) groups is 2. The number of ketones is 1. The third kappa shape index (κ3) is 2.90. The van der Waals surface area contributed by atoms with E-state index in [0.29, 0.717) is 11.0 Å². The maximum absolute atomic E-state index is 12.9. The smallest absolute Gasteiger partial charge is 0.296 e. The Balaban J connectivity index is 1.86. The molecule has 0 unspecified atom stereocenters. The van der Waals surface area contributed by atoms with Gasteiger partial charge in [-0.2, -0.15) is 0 Å². The van der Waals surface area contributed by atoms with E-state index >= 15 is 0 Å². The predicted octanol–water partition coefficient (Wildman–Crippen LogP) is 4.91. The lowest BCUT2D eigenvalue weighted by atomic mass is 9.94. The fourth-order valence-electron chi connectivity index (χ4n) is 3.50. The van der Waals surface area contributed by atoms with Crippen molar-refractivity contribution in [2.75, 3.05) is 4.90 Å². The van der Waals surface area contributed by atoms with Crippen molar-refractivity contribution < 1.29 is 14.7 Å². The highest BCUT2D eigenvalue weighted by Gasteiger charge is 2.44. The van der Waals surface area contributed by atoms with Crippen LogP contribution in [0.1, 0.15) is 43.9 Å². The first-order valence-electron chi connectivity index (χ1n) is 9.11. The monoisotopic (exact) mass is 392 g/mol. The van der Waals surface area contributed by atoms with Crippen LogP contribution in [0.25, 0.3) is 10.2 Å². The van der Waals surface area contributed by atoms with Crippen molar-refractivity contribution >= 4 is 38.4 Å². The second-order valence-corrected chi connectivity index (χ2v) is 8.19. The Morgan fingerprint density at radius 1 is 1.14 bits per heavy atom. The van der Waals surface area contributed by atoms with E-state index in [1.165, 1.54) is 23.2 Å². The molecule has 0 saturated heterocycles. The van der Waals surface area contributed by atoms with Gasteiger partial charge in [-0.05, 0) is 36.1 Å². The number of rotatable bonds is 4. The second-order valence-electron chi connectivity index (χ2n) is 7.18. The summed E-state index contributed by atoms with van der Waals surface area (Å²) in [7, 11) is 0. The Morgan fingerprint density at radius 3 is 2.43 bits per heavy atom. The predicted molar refractivity (Wildman–Crippen MR) is 111 cm³/mol. The van der Waals surface area contributed by atoms with Crippen LogP contribution >= 0.6 is 11.3 Å². The fourth-order valence-corrected chi connectivity index (χ4v) is 4.50. The minimum Gasteiger partial charge on any atom is -0.503 e. The van der Waals surface area contributed by atoms with Crippen LogP contribution in [0.5, 0.6) is 0 Å². The number of aliphatic hydroxyl groups is 1. The van der Waals surface area contributed by atoms with Gasteiger partial charge in [-0.1, -0.05) is 61.6 Å². The molecule has 1 N–H and O–H groups in total. The molecule has 28 heavy (non-hydrogen) atoms. The van der Waals surface area contributed by atoms with E-state index in [1.54, 1.807) is 0 Å². The summed E-state index contributed by atoms with van der Waals surface area (Å²) in [5.41, 5.74) is 2.82. The number of para-hydroxylation sites is 1. The maximum Gasteiger partial charge on any atom is 0.296 e. The third-order valence-electron chi connectivity index (χ3n) is 4.99. The molecule has 6 heteroatoms. The number of hydrogen-bond acceptors (Lipinski definition) is 5. The zero-order valence-corrected chi connectivity index (χ0v) is 16.7. The molecule has 0 bridgehead atoms. The van der Waals surface area contributed by atoms with Gasteiger partial charge < -0.3 is 5.11 Å². The highest BCUT2D eigenvalue weighted by Crippen LogP contribution is 2.43. The molecule has 0 aliphatic carbocycles. The number of hydrogen-bond donors (Lipinski definition) is 1. The first kappa shape index (κ1) is 18.4. The molecular weight excluding hydrogens is 372 g/mol. The highest BCUT2D eigenvalue weighted by atomic mass is 32.1. The summed E-state index contributed by atoms with van der Waals surface area (Å²) >= 11 is 1.37. The van der Waals surface area contributed by atoms with Crippen LogP contribution in [-0.2, 0) is 9.59 Å². The molecule has 1 amide bonds. The molecule has 0 saturated carbocycles. The van der Waals surface area contributed by atoms with Crippen molar-refractivity contribution in [1.29, 1.82) is 0 Å². The standard InChI is InChI=1S/C22H20N2O3S/c1-12(2)14-8-10-15(11-9-14)19-18(13(3)25)20(26)21(27)24(19)22-23-16-6-4-5-7-17(16)28-22/h4-12,19,26H,1-3H3/t19-/m0/s1. The van der Waals surface area contributed by atoms with Crippen LogP contribution in [0.15, 0.2) is 59.9 Å². The molecular formula is C22H20N2O3S. The van der Waals surface area contributed by atoms with Crippen LogP contribution in [0, 0.1) is 0 Å². The lowest BCUT2D eigenvalue weighted by Gasteiger charge is -2.24. The summed E-state index contributed by atoms with van der Waals surface area (Å²) in [6.45, 7) is 5.58. The summed E-state index contributed by atoms with van der Waals surface area (Å²) in [6.07, 6.45) is 0. The highest BCUT2D eigenvalue weighted by molar-refractivity contribution is 7.22. The number of aromatic nitrogens is 1. The lowest BCUT2D eigenvalue weighted by Crippen LogP contribution is -2.30. The molecule has 0 radical (unpaired) electrons. The van der Waals surface area contributed by atoms with Crippen molar-refractivity contribution in [3.8, 4) is 0 Å². The molecule has 3 aromatic rings. The topological polar surface area (TPSA) is 70.5 Å². The molecule has 1 atom stereocenters. The van der Waals surface area contributed by atoms with Crippen molar-refractivity contribution in [1.82, 2.24) is 4.98 Å². The summed E-state index contributed by atoms with van der Waals surface area (Å²) in [6, 6.07) is 14.7. The number of anilines is 1. The Bertz CT molecular complexity index is 1080. The largest absolute Gasteiger partial charge is 0.503 e. The van der Waals surface area contributed by atoms with Gasteiger partial charge in [0, 0.05) is 0 Å². The van der Waals surface area contributed by atoms with E-state index in [4.69, 9.17) is 0 Å². The van der Waals surface area contributed by atoms with Gasteiger partial charge in [0.1, 0.15) is 0 Å². The van der Waals surface area contributed by atoms with Gasteiger partial charge in [-0.3, -0.25) is 14.5 Å². The first-order chi connectivity index (χ1) is 13.4. The van der Waals surface area contributed by atoms with E-state index in [1.807, 2.05) is 48.5 Å².